The molecule has 0 bridgehead atoms. The van der Waals surface area contributed by atoms with Crippen molar-refractivity contribution in [3.05, 3.63) is 0 Å². The molecule has 0 aliphatic carbocycles. The lowest BCUT2D eigenvalue weighted by Gasteiger charge is -2.21. The van der Waals surface area contributed by atoms with Gasteiger partial charge in [-0.2, -0.15) is 0 Å². The molecule has 0 aromatic rings. The Labute approximate surface area is 581 Å². The number of ether oxygens (including phenoxy) is 4. The first-order valence-corrected chi connectivity index (χ1v) is 42.3. The highest BCUT2D eigenvalue weighted by Crippen LogP contribution is 2.45. The number of phosphoric ester groups is 2. The first-order valence-electron chi connectivity index (χ1n) is 39.3. The summed E-state index contributed by atoms with van der Waals surface area (Å²) in [5.74, 6) is 0.949. The largest absolute Gasteiger partial charge is 0.472 e. The number of hydrogen-bond acceptors (Lipinski definition) is 15. The van der Waals surface area contributed by atoms with Crippen LogP contribution in [0, 0.1) is 23.7 Å². The second kappa shape index (κ2) is 65.4. The number of aliphatic hydroxyl groups is 1. The minimum absolute atomic E-state index is 0.102. The van der Waals surface area contributed by atoms with Crippen LogP contribution in [0.1, 0.15) is 383 Å². The highest BCUT2D eigenvalue weighted by molar-refractivity contribution is 7.47. The van der Waals surface area contributed by atoms with E-state index in [2.05, 4.69) is 55.4 Å². The van der Waals surface area contributed by atoms with Crippen molar-refractivity contribution in [3.8, 4) is 0 Å². The van der Waals surface area contributed by atoms with E-state index in [-0.39, 0.29) is 25.7 Å². The number of unbranched alkanes of at least 4 members (excludes halogenated alkanes) is 36. The molecule has 0 amide bonds. The van der Waals surface area contributed by atoms with Crippen LogP contribution in [0.25, 0.3) is 0 Å². The van der Waals surface area contributed by atoms with Crippen LogP contribution >= 0.6 is 15.6 Å². The zero-order valence-electron chi connectivity index (χ0n) is 62.3. The van der Waals surface area contributed by atoms with Crippen LogP contribution in [-0.2, 0) is 65.4 Å². The zero-order valence-corrected chi connectivity index (χ0v) is 64.1. The summed E-state index contributed by atoms with van der Waals surface area (Å²) in [5.41, 5.74) is 0. The van der Waals surface area contributed by atoms with Gasteiger partial charge in [-0.15, -0.1) is 0 Å². The van der Waals surface area contributed by atoms with E-state index in [9.17, 15) is 43.2 Å². The Kier molecular flexibility index (Phi) is 64.0. The van der Waals surface area contributed by atoms with Gasteiger partial charge in [-0.25, -0.2) is 9.13 Å². The first kappa shape index (κ1) is 93.1. The SMILES string of the molecule is CCC(C)CCCCCCCCCCCCCCCCCCCCC(=O)OC[C@H](COP(=O)(O)OC[C@@H](O)COP(=O)(O)OC[C@@H](COC(=O)CCCCCCCCC(C)CC)OC(=O)CCCCCCCCCCCCC(C)CC)OC(=O)CCCCCCCCC(C)C. The van der Waals surface area contributed by atoms with Gasteiger partial charge in [-0.3, -0.25) is 37.3 Å². The third kappa shape index (κ3) is 66.4. The lowest BCUT2D eigenvalue weighted by Crippen LogP contribution is -2.30. The summed E-state index contributed by atoms with van der Waals surface area (Å²) in [6, 6.07) is 0. The van der Waals surface area contributed by atoms with Gasteiger partial charge >= 0.3 is 39.5 Å². The molecule has 0 heterocycles. The van der Waals surface area contributed by atoms with Crippen molar-refractivity contribution in [2.75, 3.05) is 39.6 Å². The lowest BCUT2D eigenvalue weighted by molar-refractivity contribution is -0.161. The number of hydrogen-bond donors (Lipinski definition) is 3. The fourth-order valence-corrected chi connectivity index (χ4v) is 13.0. The summed E-state index contributed by atoms with van der Waals surface area (Å²) in [6.07, 6.45) is 50.2. The molecular formula is C76H148O17P2. The number of aliphatic hydroxyl groups excluding tert-OH is 1. The van der Waals surface area contributed by atoms with E-state index in [1.165, 1.54) is 180 Å². The third-order valence-corrected chi connectivity index (χ3v) is 20.6. The highest BCUT2D eigenvalue weighted by Gasteiger charge is 2.30. The fourth-order valence-electron chi connectivity index (χ4n) is 11.5. The third-order valence-electron chi connectivity index (χ3n) is 18.7. The Bertz CT molecular complexity index is 1870. The molecule has 19 heteroatoms. The van der Waals surface area contributed by atoms with Crippen LogP contribution < -0.4 is 0 Å². The second-order valence-electron chi connectivity index (χ2n) is 28.6. The highest BCUT2D eigenvalue weighted by atomic mass is 31.2. The fraction of sp³-hybridized carbons (Fsp3) is 0.947. The van der Waals surface area contributed by atoms with Gasteiger partial charge in [0.2, 0.25) is 0 Å². The van der Waals surface area contributed by atoms with E-state index in [4.69, 9.17) is 37.0 Å². The van der Waals surface area contributed by atoms with Crippen molar-refractivity contribution in [1.29, 1.82) is 0 Å². The summed E-state index contributed by atoms with van der Waals surface area (Å²) in [6.45, 7) is 14.2. The maximum absolute atomic E-state index is 13.0. The topological polar surface area (TPSA) is 237 Å². The molecule has 0 aromatic heterocycles. The minimum Gasteiger partial charge on any atom is -0.462 e. The molecule has 0 fully saturated rings. The van der Waals surface area contributed by atoms with Crippen molar-refractivity contribution in [3.63, 3.8) is 0 Å². The number of phosphoric acid groups is 2. The quantitative estimate of drug-likeness (QED) is 0.0222. The molecular weight excluding hydrogens is 1250 g/mol. The van der Waals surface area contributed by atoms with Gasteiger partial charge in [0.15, 0.2) is 12.2 Å². The summed E-state index contributed by atoms with van der Waals surface area (Å²) in [4.78, 5) is 72.7. The molecule has 564 valence electrons. The first-order chi connectivity index (χ1) is 45.7. The van der Waals surface area contributed by atoms with Crippen LogP contribution in [0.4, 0.5) is 0 Å². The van der Waals surface area contributed by atoms with Crippen molar-refractivity contribution in [2.45, 2.75) is 401 Å². The number of carbonyl (C=O) groups is 4. The van der Waals surface area contributed by atoms with Crippen LogP contribution in [0.5, 0.6) is 0 Å². The van der Waals surface area contributed by atoms with Gasteiger partial charge in [0, 0.05) is 25.7 Å². The van der Waals surface area contributed by atoms with E-state index < -0.39 is 97.5 Å². The van der Waals surface area contributed by atoms with E-state index in [0.29, 0.717) is 31.6 Å². The summed E-state index contributed by atoms with van der Waals surface area (Å²) in [5, 5.41) is 10.6. The van der Waals surface area contributed by atoms with Gasteiger partial charge in [0.1, 0.15) is 19.3 Å². The van der Waals surface area contributed by atoms with Gasteiger partial charge in [0.05, 0.1) is 26.4 Å². The lowest BCUT2D eigenvalue weighted by atomic mass is 9.99. The van der Waals surface area contributed by atoms with Gasteiger partial charge in [-0.1, -0.05) is 331 Å². The summed E-state index contributed by atoms with van der Waals surface area (Å²) in [7, 11) is -9.91. The molecule has 0 saturated heterocycles. The standard InChI is InChI=1S/C76H148O17P2/c1-9-67(6)53-45-37-28-24-20-18-16-14-12-13-15-17-19-21-26-30-40-48-56-73(78)86-62-72(93-76(81)59-51-43-34-32-36-44-52-66(4)5)65-91-95(84,85)89-61-70(77)60-88-94(82,83)90-64-71(63-87-74(79)57-49-41-35-33-39-47-55-69(8)11-3)92-75(80)58-50-42-31-27-23-22-25-29-38-46-54-68(7)10-2/h66-72,77H,9-65H2,1-8H3,(H,82,83)(H,84,85)/t67?,68?,69?,70-,71+,72+/m0/s1. The van der Waals surface area contributed by atoms with E-state index >= 15 is 0 Å². The van der Waals surface area contributed by atoms with Crippen LogP contribution in [-0.4, -0.2) is 96.7 Å². The Morgan fingerprint density at radius 2 is 0.505 bits per heavy atom. The predicted molar refractivity (Wildman–Crippen MR) is 386 cm³/mol. The molecule has 8 atom stereocenters. The molecule has 0 radical (unpaired) electrons. The van der Waals surface area contributed by atoms with Gasteiger partial charge < -0.3 is 33.8 Å². The van der Waals surface area contributed by atoms with E-state index in [1.54, 1.807) is 0 Å². The number of rotatable bonds is 73. The Balaban J connectivity index is 5.12. The number of carbonyl (C=O) groups excluding carboxylic acids is 4. The van der Waals surface area contributed by atoms with Crippen molar-refractivity contribution >= 4 is 39.5 Å². The summed E-state index contributed by atoms with van der Waals surface area (Å²) < 4.78 is 68.4. The predicted octanol–water partition coefficient (Wildman–Crippen LogP) is 22.0. The molecule has 17 nitrogen and oxygen atoms in total. The molecule has 0 aliphatic heterocycles. The van der Waals surface area contributed by atoms with Gasteiger partial charge in [0.25, 0.3) is 0 Å². The molecule has 0 rings (SSSR count). The van der Waals surface area contributed by atoms with Crippen LogP contribution in [0.2, 0.25) is 0 Å². The van der Waals surface area contributed by atoms with E-state index in [1.807, 2.05) is 0 Å². The zero-order chi connectivity index (χ0) is 70.3. The molecule has 95 heavy (non-hydrogen) atoms. The normalized spacial score (nSPS) is 15.0. The molecule has 3 N–H and O–H groups in total. The van der Waals surface area contributed by atoms with Crippen molar-refractivity contribution in [2.24, 2.45) is 23.7 Å². The Hall–Kier alpha value is -1.94. The van der Waals surface area contributed by atoms with Crippen molar-refractivity contribution < 1.29 is 80.2 Å². The minimum atomic E-state index is -4.95. The van der Waals surface area contributed by atoms with Crippen LogP contribution in [0.3, 0.4) is 0 Å². The van der Waals surface area contributed by atoms with Crippen LogP contribution in [0.15, 0.2) is 0 Å². The molecule has 0 aliphatic rings. The summed E-state index contributed by atoms with van der Waals surface area (Å²) >= 11 is 0. The van der Waals surface area contributed by atoms with E-state index in [0.717, 1.165) is 114 Å². The van der Waals surface area contributed by atoms with Crippen molar-refractivity contribution in [1.82, 2.24) is 0 Å². The second-order valence-corrected chi connectivity index (χ2v) is 31.5. The molecule has 5 unspecified atom stereocenters. The average Bonchev–Trinajstić information content (AvgIpc) is 2.09. The monoisotopic (exact) mass is 1400 g/mol. The average molecular weight is 1400 g/mol. The molecule has 0 aromatic carbocycles. The molecule has 0 saturated carbocycles. The maximum atomic E-state index is 13.0. The molecule has 0 spiro atoms. The smallest absolute Gasteiger partial charge is 0.462 e. The number of esters is 4. The Morgan fingerprint density at radius 1 is 0.295 bits per heavy atom. The Morgan fingerprint density at radius 3 is 0.747 bits per heavy atom. The van der Waals surface area contributed by atoms with Gasteiger partial charge in [-0.05, 0) is 49.4 Å². The maximum Gasteiger partial charge on any atom is 0.472 e.